The van der Waals surface area contributed by atoms with Gasteiger partial charge in [0.1, 0.15) is 40.1 Å². The van der Waals surface area contributed by atoms with E-state index in [1.807, 2.05) is 12.1 Å². The molecule has 1 saturated carbocycles. The second kappa shape index (κ2) is 13.0. The van der Waals surface area contributed by atoms with Crippen molar-refractivity contribution < 1.29 is 44.3 Å². The quantitative estimate of drug-likeness (QED) is 0.135. The Hall–Kier alpha value is -3.17. The highest BCUT2D eigenvalue weighted by Gasteiger charge is 2.43. The minimum atomic E-state index is -5.44. The lowest BCUT2D eigenvalue weighted by molar-refractivity contribution is -0.189. The Morgan fingerprint density at radius 2 is 1.29 bits per heavy atom. The van der Waals surface area contributed by atoms with E-state index < -0.39 is 52.4 Å². The minimum Gasteiger partial charge on any atom is -0.429 e. The highest BCUT2D eigenvalue weighted by Crippen LogP contribution is 2.41. The molecule has 0 heterocycles. The molecule has 2 unspecified atom stereocenters. The van der Waals surface area contributed by atoms with Crippen LogP contribution in [0.4, 0.5) is 39.5 Å². The van der Waals surface area contributed by atoms with Crippen LogP contribution in [-0.2, 0) is 12.3 Å². The highest BCUT2D eigenvalue weighted by molar-refractivity contribution is 5.64. The lowest BCUT2D eigenvalue weighted by Gasteiger charge is -2.21. The number of benzene rings is 3. The van der Waals surface area contributed by atoms with Crippen molar-refractivity contribution >= 4 is 0 Å². The van der Waals surface area contributed by atoms with Crippen molar-refractivity contribution in [2.24, 2.45) is 5.92 Å². The van der Waals surface area contributed by atoms with Crippen molar-refractivity contribution in [1.29, 1.82) is 0 Å². The van der Waals surface area contributed by atoms with Gasteiger partial charge in [-0.3, -0.25) is 0 Å². The molecule has 0 aromatic heterocycles. The molecule has 0 bridgehead atoms. The van der Waals surface area contributed by atoms with E-state index in [1.54, 1.807) is 12.1 Å². The average molecular weight is 603 g/mol. The van der Waals surface area contributed by atoms with Crippen LogP contribution >= 0.6 is 0 Å². The molecule has 0 amide bonds. The summed E-state index contributed by atoms with van der Waals surface area (Å²) in [5.41, 5.74) is -2.71. The van der Waals surface area contributed by atoms with E-state index in [0.717, 1.165) is 37.2 Å². The molecule has 1 fully saturated rings. The first-order valence-corrected chi connectivity index (χ1v) is 14.0. The lowest BCUT2D eigenvalue weighted by Crippen LogP contribution is -2.25. The van der Waals surface area contributed by atoms with E-state index >= 15 is 0 Å². The predicted octanol–water partition coefficient (Wildman–Crippen LogP) is 11.3. The monoisotopic (exact) mass is 602 g/mol. The fraction of sp³-hybridized carbons (Fsp3) is 0.438. The van der Waals surface area contributed by atoms with Crippen molar-refractivity contribution in [3.8, 4) is 16.9 Å². The normalized spacial score (nSPS) is 18.1. The van der Waals surface area contributed by atoms with Crippen LogP contribution in [0.1, 0.15) is 87.3 Å². The molecule has 0 saturated heterocycles. The van der Waals surface area contributed by atoms with Crippen LogP contribution in [0.25, 0.3) is 11.1 Å². The molecule has 42 heavy (non-hydrogen) atoms. The number of rotatable bonds is 9. The number of halogens is 9. The van der Waals surface area contributed by atoms with Gasteiger partial charge in [-0.15, -0.1) is 0 Å². The van der Waals surface area contributed by atoms with Crippen LogP contribution in [0.2, 0.25) is 0 Å². The number of hydrogen-bond acceptors (Lipinski definition) is 1. The van der Waals surface area contributed by atoms with Crippen molar-refractivity contribution in [1.82, 2.24) is 0 Å². The van der Waals surface area contributed by atoms with Gasteiger partial charge in [0, 0.05) is 12.1 Å². The van der Waals surface area contributed by atoms with Gasteiger partial charge in [-0.2, -0.15) is 22.0 Å². The maximum Gasteiger partial charge on any atom is 0.432 e. The molecule has 1 aliphatic rings. The van der Waals surface area contributed by atoms with Crippen molar-refractivity contribution in [3.05, 3.63) is 88.5 Å². The Kier molecular flexibility index (Phi) is 9.83. The van der Waals surface area contributed by atoms with Gasteiger partial charge in [0.05, 0.1) is 0 Å². The third kappa shape index (κ3) is 7.42. The van der Waals surface area contributed by atoms with Gasteiger partial charge in [0.25, 0.3) is 0 Å². The smallest absolute Gasteiger partial charge is 0.429 e. The summed E-state index contributed by atoms with van der Waals surface area (Å²) in [7, 11) is 0. The first kappa shape index (κ1) is 31.8. The van der Waals surface area contributed by atoms with Crippen LogP contribution < -0.4 is 4.74 Å². The van der Waals surface area contributed by atoms with E-state index in [9.17, 15) is 39.5 Å². The molecule has 1 aliphatic carbocycles. The molecule has 3 aromatic carbocycles. The number of unbranched alkanes of at least 4 members (excludes halogenated alkanes) is 2. The summed E-state index contributed by atoms with van der Waals surface area (Å²) in [4.78, 5) is 0. The van der Waals surface area contributed by atoms with Gasteiger partial charge in [-0.1, -0.05) is 69.7 Å². The first-order valence-electron chi connectivity index (χ1n) is 14.0. The molecule has 228 valence electrons. The zero-order valence-corrected chi connectivity index (χ0v) is 22.9. The molecular formula is C32H31F9O. The van der Waals surface area contributed by atoms with Crippen LogP contribution in [0.5, 0.6) is 5.75 Å². The maximum atomic E-state index is 14.8. The van der Waals surface area contributed by atoms with Crippen molar-refractivity contribution in [2.75, 3.05) is 0 Å². The second-order valence-corrected chi connectivity index (χ2v) is 10.9. The maximum absolute atomic E-state index is 14.8. The Balaban J connectivity index is 1.49. The average Bonchev–Trinajstić information content (AvgIpc) is 3.12. The van der Waals surface area contributed by atoms with Crippen LogP contribution in [0.15, 0.2) is 48.5 Å². The van der Waals surface area contributed by atoms with Crippen LogP contribution in [0, 0.1) is 29.2 Å². The largest absolute Gasteiger partial charge is 0.432 e. The summed E-state index contributed by atoms with van der Waals surface area (Å²) in [6.07, 6.45) is 0.272. The molecule has 4 rings (SSSR count). The molecule has 10 heteroatoms. The molecule has 1 nitrogen and oxygen atoms in total. The summed E-state index contributed by atoms with van der Waals surface area (Å²) in [6.45, 7) is 2.19. The van der Waals surface area contributed by atoms with E-state index in [1.165, 1.54) is 32.1 Å². The van der Waals surface area contributed by atoms with Crippen LogP contribution in [0.3, 0.4) is 0 Å². The Labute approximate surface area is 238 Å². The molecule has 0 spiro atoms. The van der Waals surface area contributed by atoms with Crippen molar-refractivity contribution in [3.63, 3.8) is 0 Å². The summed E-state index contributed by atoms with van der Waals surface area (Å²) in [5, 5.41) is 0. The molecule has 0 aliphatic heterocycles. The summed E-state index contributed by atoms with van der Waals surface area (Å²) >= 11 is 0. The summed E-state index contributed by atoms with van der Waals surface area (Å²) in [5.74, 6) is -8.14. The van der Waals surface area contributed by atoms with E-state index in [2.05, 4.69) is 11.7 Å². The topological polar surface area (TPSA) is 9.23 Å². The summed E-state index contributed by atoms with van der Waals surface area (Å²) < 4.78 is 129. The van der Waals surface area contributed by atoms with Gasteiger partial charge in [0.2, 0.25) is 0 Å². The summed E-state index contributed by atoms with van der Waals surface area (Å²) in [6, 6.07) is 8.14. The fourth-order valence-electron chi connectivity index (χ4n) is 5.73. The fourth-order valence-corrected chi connectivity index (χ4v) is 5.73. The van der Waals surface area contributed by atoms with Crippen LogP contribution in [-0.4, -0.2) is 0 Å². The Bertz CT molecular complexity index is 1320. The molecule has 3 aromatic rings. The predicted molar refractivity (Wildman–Crippen MR) is 141 cm³/mol. The van der Waals surface area contributed by atoms with E-state index in [0.29, 0.717) is 23.6 Å². The molecule has 0 radical (unpaired) electrons. The first-order chi connectivity index (χ1) is 19.8. The molecular weight excluding hydrogens is 571 g/mol. The zero-order valence-electron chi connectivity index (χ0n) is 22.9. The lowest BCUT2D eigenvalue weighted by atomic mass is 9.89. The number of alkyl halides is 5. The molecule has 0 N–H and O–H groups in total. The van der Waals surface area contributed by atoms with Gasteiger partial charge >= 0.3 is 12.3 Å². The number of ether oxygens (including phenoxy) is 1. The van der Waals surface area contributed by atoms with Crippen molar-refractivity contribution in [2.45, 2.75) is 82.9 Å². The van der Waals surface area contributed by atoms with E-state index in [-0.39, 0.29) is 17.7 Å². The number of hydrogen-bond donors (Lipinski definition) is 0. The minimum absolute atomic E-state index is 0.0282. The second-order valence-electron chi connectivity index (χ2n) is 10.9. The zero-order chi connectivity index (χ0) is 30.7. The standard InChI is InChI=1S/C32H31F9O/c1-2-3-4-6-19-7-5-8-20(10-9-19)21-11-13-22(14-12-21)23-15-25(33)30(26(34)16-23)32(40,41)42-24-17-27(35)29(28(36)18-24)31(37,38)39/h11-20H,2-10H2,1H3. The highest BCUT2D eigenvalue weighted by atomic mass is 19.4. The third-order valence-electron chi connectivity index (χ3n) is 7.90. The van der Waals surface area contributed by atoms with Gasteiger partial charge < -0.3 is 4.74 Å². The SMILES string of the molecule is CCCCCC1CCCC(c2ccc(-c3cc(F)c(C(F)(F)Oc4cc(F)c(C(F)(F)F)c(F)c4)c(F)c3)cc2)CC1. The van der Waals surface area contributed by atoms with E-state index in [4.69, 9.17) is 0 Å². The van der Waals surface area contributed by atoms with Gasteiger partial charge in [0.15, 0.2) is 0 Å². The Morgan fingerprint density at radius 1 is 0.690 bits per heavy atom. The Morgan fingerprint density at radius 3 is 1.86 bits per heavy atom. The van der Waals surface area contributed by atoms with Gasteiger partial charge in [-0.25, -0.2) is 17.6 Å². The third-order valence-corrected chi connectivity index (χ3v) is 7.90. The van der Waals surface area contributed by atoms with Gasteiger partial charge in [-0.05, 0) is 59.9 Å². The molecule has 2 atom stereocenters.